The lowest BCUT2D eigenvalue weighted by Crippen LogP contribution is -2.46. The van der Waals surface area contributed by atoms with Gasteiger partial charge in [-0.2, -0.15) is 17.6 Å². The van der Waals surface area contributed by atoms with Crippen LogP contribution in [0.1, 0.15) is 44.2 Å². The van der Waals surface area contributed by atoms with Gasteiger partial charge < -0.3 is 14.0 Å². The molecule has 15 heteroatoms. The summed E-state index contributed by atoms with van der Waals surface area (Å²) in [5.41, 5.74) is 4.64. The van der Waals surface area contributed by atoms with Crippen LogP contribution in [0.5, 0.6) is 5.75 Å². The molecule has 3 rings (SSSR count). The number of nitrogens with zero attached hydrogens (tertiary/aromatic N) is 1. The highest BCUT2D eigenvalue weighted by Gasteiger charge is 2.57. The Balaban J connectivity index is 1.69. The number of esters is 1. The molecular formula is C31H33F8NO6. The van der Waals surface area contributed by atoms with E-state index in [1.807, 2.05) is 30.5 Å². The number of aryl methyl sites for hydroxylation is 3. The van der Waals surface area contributed by atoms with E-state index in [0.29, 0.717) is 18.1 Å². The van der Waals surface area contributed by atoms with Crippen LogP contribution >= 0.6 is 0 Å². The number of unbranched alkanes of at least 4 members (excludes halogenated alkanes) is 2. The minimum atomic E-state index is -5.87. The molecule has 0 atom stereocenters. The van der Waals surface area contributed by atoms with E-state index in [4.69, 9.17) is 4.74 Å². The minimum Gasteiger partial charge on any atom is -0.484 e. The molecule has 0 amide bonds. The van der Waals surface area contributed by atoms with Crippen molar-refractivity contribution < 1.29 is 63.6 Å². The summed E-state index contributed by atoms with van der Waals surface area (Å²) < 4.78 is 129. The third kappa shape index (κ3) is 10.4. The van der Waals surface area contributed by atoms with Gasteiger partial charge in [0.1, 0.15) is 5.75 Å². The number of benzene rings is 2. The zero-order chi connectivity index (χ0) is 34.3. The first kappa shape index (κ1) is 36.8. The Kier molecular flexibility index (Phi) is 11.8. The van der Waals surface area contributed by atoms with Crippen molar-refractivity contribution in [1.82, 2.24) is 4.57 Å². The third-order valence-electron chi connectivity index (χ3n) is 6.56. The largest absolute Gasteiger partial charge is 0.496 e. The lowest BCUT2D eigenvalue weighted by atomic mass is 9.99. The molecule has 0 saturated heterocycles. The van der Waals surface area contributed by atoms with Gasteiger partial charge in [-0.3, -0.25) is 0 Å². The molecule has 7 nitrogen and oxygen atoms in total. The maximum Gasteiger partial charge on any atom is 0.496 e. The van der Waals surface area contributed by atoms with E-state index in [1.165, 1.54) is 17.7 Å². The zero-order valence-corrected chi connectivity index (χ0v) is 25.2. The molecule has 1 aromatic heterocycles. The molecule has 0 aliphatic carbocycles. The highest BCUT2D eigenvalue weighted by molar-refractivity contribution is 5.88. The molecule has 0 aliphatic rings. The molecule has 254 valence electrons. The number of hydrogen-bond donors (Lipinski definition) is 0. The number of carbonyl (C=O) groups excluding carboxylic acids is 1. The second-order valence-corrected chi connectivity index (χ2v) is 10.2. The fourth-order valence-corrected chi connectivity index (χ4v) is 4.60. The van der Waals surface area contributed by atoms with Crippen molar-refractivity contribution in [3.63, 3.8) is 0 Å². The van der Waals surface area contributed by atoms with E-state index >= 15 is 0 Å². The van der Waals surface area contributed by atoms with Crippen molar-refractivity contribution in [2.75, 3.05) is 13.2 Å². The Bertz CT molecular complexity index is 1510. The van der Waals surface area contributed by atoms with E-state index in [0.717, 1.165) is 47.9 Å². The lowest BCUT2D eigenvalue weighted by Gasteiger charge is -2.27. The van der Waals surface area contributed by atoms with Crippen molar-refractivity contribution in [3.05, 3.63) is 66.2 Å². The molecular weight excluding hydrogens is 634 g/mol. The van der Waals surface area contributed by atoms with E-state index in [9.17, 15) is 39.9 Å². The predicted octanol–water partition coefficient (Wildman–Crippen LogP) is 8.81. The summed E-state index contributed by atoms with van der Waals surface area (Å²) >= 11 is 0. The summed E-state index contributed by atoms with van der Waals surface area (Å²) in [5.74, 6) is -1.66. The van der Waals surface area contributed by atoms with Crippen molar-refractivity contribution in [2.45, 2.75) is 77.8 Å². The maximum absolute atomic E-state index is 14.2. The van der Waals surface area contributed by atoms with Gasteiger partial charge in [0, 0.05) is 35.3 Å². The van der Waals surface area contributed by atoms with Crippen LogP contribution in [0.15, 0.2) is 55.1 Å². The molecule has 0 aliphatic heterocycles. The first-order chi connectivity index (χ1) is 21.4. The smallest absolute Gasteiger partial charge is 0.484 e. The summed E-state index contributed by atoms with van der Waals surface area (Å²) in [5, 5.41) is 0.733. The monoisotopic (exact) mass is 667 g/mol. The van der Waals surface area contributed by atoms with Gasteiger partial charge in [0.05, 0.1) is 5.52 Å². The van der Waals surface area contributed by atoms with Crippen LogP contribution in [0.4, 0.5) is 35.1 Å². The minimum absolute atomic E-state index is 0.190. The van der Waals surface area contributed by atoms with E-state index in [-0.39, 0.29) is 5.75 Å². The summed E-state index contributed by atoms with van der Waals surface area (Å²) in [4.78, 5) is 10.8. The molecule has 3 aromatic rings. The molecule has 0 spiro atoms. The molecule has 0 saturated carbocycles. The number of carbonyl (C=O) groups is 1. The maximum atomic E-state index is 14.2. The van der Waals surface area contributed by atoms with Crippen LogP contribution in [0, 0.1) is 6.92 Å². The Labute approximate surface area is 259 Å². The number of alkyl halides is 8. The average Bonchev–Trinajstić information content (AvgIpc) is 3.30. The number of fused-ring (bicyclic) bond motifs is 1. The van der Waals surface area contributed by atoms with Gasteiger partial charge in [-0.05, 0) is 56.0 Å². The topological polar surface area (TPSA) is 68.2 Å². The lowest BCUT2D eigenvalue weighted by molar-refractivity contribution is -0.574. The van der Waals surface area contributed by atoms with Gasteiger partial charge in [0.15, 0.2) is 13.2 Å². The highest BCUT2D eigenvalue weighted by Crippen LogP contribution is 2.38. The van der Waals surface area contributed by atoms with Gasteiger partial charge >= 0.3 is 30.8 Å². The second kappa shape index (κ2) is 14.8. The molecule has 0 unspecified atom stereocenters. The first-order valence-electron chi connectivity index (χ1n) is 14.2. The number of ether oxygens (including phenoxy) is 5. The van der Waals surface area contributed by atoms with E-state index < -0.39 is 44.0 Å². The molecule has 1 heterocycles. The van der Waals surface area contributed by atoms with Gasteiger partial charge in [-0.1, -0.05) is 44.5 Å². The predicted molar refractivity (Wildman–Crippen MR) is 151 cm³/mol. The van der Waals surface area contributed by atoms with Crippen LogP contribution in [0.3, 0.4) is 0 Å². The first-order valence-corrected chi connectivity index (χ1v) is 14.2. The van der Waals surface area contributed by atoms with Gasteiger partial charge in [-0.25, -0.2) is 19.0 Å². The summed E-state index contributed by atoms with van der Waals surface area (Å²) in [6.07, 6.45) is -17.0. The molecule has 0 N–H and O–H groups in total. The van der Waals surface area contributed by atoms with Crippen molar-refractivity contribution >= 4 is 16.9 Å². The number of rotatable bonds is 18. The van der Waals surface area contributed by atoms with Gasteiger partial charge in [0.2, 0.25) is 0 Å². The molecule has 46 heavy (non-hydrogen) atoms. The quantitative estimate of drug-likeness (QED) is 0.0444. The van der Waals surface area contributed by atoms with Crippen molar-refractivity contribution in [1.29, 1.82) is 0 Å². The standard InChI is InChI=1S/C31H33F8NO6/c1-5-8-9-10-21-11-14-24(20(4)15-21)26-16-22-12-13-23(17-25(22)40(26)7-3)42-18-28(32,33)44-30(36,37)46-31(38,39)45-29(34,35)19-43-27(41)6-2/h6,11-17H,2,5,7-10,18-19H2,1,3-4H3. The average molecular weight is 668 g/mol. The summed E-state index contributed by atoms with van der Waals surface area (Å²) in [6, 6.07) is 12.4. The Morgan fingerprint density at radius 1 is 0.848 bits per heavy atom. The molecule has 0 fully saturated rings. The molecule has 0 bridgehead atoms. The highest BCUT2D eigenvalue weighted by atomic mass is 19.3. The molecule has 2 aromatic carbocycles. The zero-order valence-electron chi connectivity index (χ0n) is 25.2. The van der Waals surface area contributed by atoms with Gasteiger partial charge in [-0.15, -0.1) is 17.6 Å². The Hall–Kier alpha value is -3.69. The van der Waals surface area contributed by atoms with Crippen LogP contribution < -0.4 is 4.74 Å². The third-order valence-corrected chi connectivity index (χ3v) is 6.56. The van der Waals surface area contributed by atoms with Crippen LogP contribution in [-0.2, 0) is 36.7 Å². The SMILES string of the molecule is C=CC(=O)OCC(F)(F)OC(F)(F)OC(F)(F)OC(F)(F)COc1ccc2cc(-c3ccc(CCCCC)cc3C)n(CC)c2c1. The normalized spacial score (nSPS) is 12.8. The number of hydrogen-bond acceptors (Lipinski definition) is 6. The fourth-order valence-electron chi connectivity index (χ4n) is 4.60. The number of aromatic nitrogens is 1. The molecule has 0 radical (unpaired) electrons. The second-order valence-electron chi connectivity index (χ2n) is 10.2. The Morgan fingerprint density at radius 3 is 2.09 bits per heavy atom. The van der Waals surface area contributed by atoms with Gasteiger partial charge in [0.25, 0.3) is 0 Å². The van der Waals surface area contributed by atoms with Crippen LogP contribution in [-0.4, -0.2) is 48.6 Å². The fraction of sp³-hybridized carbons (Fsp3) is 0.452. The number of halogens is 8. The van der Waals surface area contributed by atoms with Crippen molar-refractivity contribution in [2.24, 2.45) is 0 Å². The summed E-state index contributed by atoms with van der Waals surface area (Å²) in [7, 11) is 0. The van der Waals surface area contributed by atoms with E-state index in [1.54, 1.807) is 6.07 Å². The van der Waals surface area contributed by atoms with Crippen LogP contribution in [0.25, 0.3) is 22.2 Å². The van der Waals surface area contributed by atoms with Crippen LogP contribution in [0.2, 0.25) is 0 Å². The van der Waals surface area contributed by atoms with Crippen molar-refractivity contribution in [3.8, 4) is 17.0 Å². The Morgan fingerprint density at radius 2 is 1.50 bits per heavy atom. The van der Waals surface area contributed by atoms with E-state index in [2.05, 4.69) is 44.6 Å². The summed E-state index contributed by atoms with van der Waals surface area (Å²) in [6.45, 7) is 5.30.